The monoisotopic (exact) mass is 512 g/mol. The molecular formula is C24H40N4O6S. The first-order valence-electron chi connectivity index (χ1n) is 13.2. The molecule has 2 N–H and O–H groups in total. The van der Waals surface area contributed by atoms with Gasteiger partial charge < -0.3 is 9.64 Å². The van der Waals surface area contributed by atoms with Crippen molar-refractivity contribution in [2.45, 2.75) is 113 Å². The number of methoxy groups -OCH3 is 1. The van der Waals surface area contributed by atoms with E-state index in [4.69, 9.17) is 9.57 Å². The summed E-state index contributed by atoms with van der Waals surface area (Å²) < 4.78 is 35.2. The van der Waals surface area contributed by atoms with E-state index in [0.717, 1.165) is 38.5 Å². The molecule has 10 nitrogen and oxygen atoms in total. The largest absolute Gasteiger partial charge is 0.376 e. The summed E-state index contributed by atoms with van der Waals surface area (Å²) in [6.07, 6.45) is 7.14. The Morgan fingerprint density at radius 2 is 1.86 bits per heavy atom. The van der Waals surface area contributed by atoms with Crippen molar-refractivity contribution < 1.29 is 27.6 Å². The highest BCUT2D eigenvalue weighted by molar-refractivity contribution is 7.90. The van der Waals surface area contributed by atoms with Gasteiger partial charge in [-0.3, -0.25) is 14.5 Å². The normalized spacial score (nSPS) is 36.5. The highest BCUT2D eigenvalue weighted by atomic mass is 32.2. The zero-order valence-corrected chi connectivity index (χ0v) is 21.9. The van der Waals surface area contributed by atoms with Gasteiger partial charge in [-0.2, -0.15) is 5.48 Å². The van der Waals surface area contributed by atoms with Crippen LogP contribution < -0.4 is 10.2 Å². The van der Waals surface area contributed by atoms with Crippen LogP contribution in [-0.2, 0) is 24.4 Å². The SMILES string of the molecule is COC1(CN2C(=O)N(CC3CC(C)NO3)C(=O)C3CC(S(=O)(=O)NC4(C)CC4)CCC32)CCCC1. The first-order valence-corrected chi connectivity index (χ1v) is 14.7. The lowest BCUT2D eigenvalue weighted by Gasteiger charge is -2.50. The van der Waals surface area contributed by atoms with Crippen LogP contribution in [0.25, 0.3) is 0 Å². The first-order chi connectivity index (χ1) is 16.5. The van der Waals surface area contributed by atoms with Gasteiger partial charge in [0.1, 0.15) is 0 Å². The number of fused-ring (bicyclic) bond motifs is 1. The van der Waals surface area contributed by atoms with Crippen LogP contribution in [0.2, 0.25) is 0 Å². The van der Waals surface area contributed by atoms with Crippen LogP contribution in [-0.4, -0.2) is 84.9 Å². The molecule has 5 unspecified atom stereocenters. The fourth-order valence-corrected chi connectivity index (χ4v) is 8.44. The molecule has 0 bridgehead atoms. The maximum atomic E-state index is 13.7. The van der Waals surface area contributed by atoms with Gasteiger partial charge in [-0.15, -0.1) is 0 Å². The molecule has 2 aliphatic heterocycles. The number of hydrogen-bond donors (Lipinski definition) is 2. The van der Waals surface area contributed by atoms with Crippen LogP contribution in [0, 0.1) is 5.92 Å². The smallest absolute Gasteiger partial charge is 0.327 e. The topological polar surface area (TPSA) is 117 Å². The lowest BCUT2D eigenvalue weighted by atomic mass is 9.80. The third-order valence-electron chi connectivity index (χ3n) is 8.90. The van der Waals surface area contributed by atoms with E-state index in [1.807, 2.05) is 18.7 Å². The molecule has 0 aromatic carbocycles. The molecule has 5 atom stereocenters. The van der Waals surface area contributed by atoms with Crippen molar-refractivity contribution in [3.63, 3.8) is 0 Å². The third kappa shape index (κ3) is 4.99. The second-order valence-corrected chi connectivity index (χ2v) is 13.7. The number of carbonyl (C=O) groups is 2. The first kappa shape index (κ1) is 25.4. The summed E-state index contributed by atoms with van der Waals surface area (Å²) in [5.74, 6) is -0.813. The van der Waals surface area contributed by atoms with Crippen molar-refractivity contribution in [1.82, 2.24) is 20.0 Å². The van der Waals surface area contributed by atoms with Crippen LogP contribution in [0.4, 0.5) is 4.79 Å². The predicted molar refractivity (Wildman–Crippen MR) is 129 cm³/mol. The molecule has 5 fully saturated rings. The van der Waals surface area contributed by atoms with E-state index in [1.165, 1.54) is 4.90 Å². The minimum atomic E-state index is -3.55. The van der Waals surface area contributed by atoms with Gasteiger partial charge in [0, 0.05) is 24.7 Å². The molecule has 0 aromatic heterocycles. The van der Waals surface area contributed by atoms with E-state index >= 15 is 0 Å². The second kappa shape index (κ2) is 9.24. The van der Waals surface area contributed by atoms with E-state index in [-0.39, 0.29) is 48.6 Å². The van der Waals surface area contributed by atoms with E-state index in [0.29, 0.717) is 25.8 Å². The number of carbonyl (C=O) groups excluding carboxylic acids is 2. The lowest BCUT2D eigenvalue weighted by Crippen LogP contribution is -2.67. The van der Waals surface area contributed by atoms with Gasteiger partial charge in [0.05, 0.1) is 36.0 Å². The molecule has 3 amide bonds. The van der Waals surface area contributed by atoms with Gasteiger partial charge in [0.2, 0.25) is 15.9 Å². The van der Waals surface area contributed by atoms with Crippen molar-refractivity contribution in [3.8, 4) is 0 Å². The standard InChI is InChI=1S/C24H40N4O6S/c1-16-12-17(34-25-16)14-27-21(29)19-13-18(35(31,32)26-23(2)10-11-23)6-7-20(19)28(22(27)30)15-24(33-3)8-4-5-9-24/h16-20,25-26H,4-15H2,1-3H3. The number of nitrogens with zero attached hydrogens (tertiary/aromatic N) is 2. The Morgan fingerprint density at radius 1 is 1.14 bits per heavy atom. The van der Waals surface area contributed by atoms with Crippen LogP contribution in [0.15, 0.2) is 0 Å². The quantitative estimate of drug-likeness (QED) is 0.510. The van der Waals surface area contributed by atoms with Gasteiger partial charge in [0.25, 0.3) is 0 Å². The van der Waals surface area contributed by atoms with E-state index in [1.54, 1.807) is 7.11 Å². The number of sulfonamides is 1. The van der Waals surface area contributed by atoms with Crippen LogP contribution in [0.1, 0.15) is 78.1 Å². The Bertz CT molecular complexity index is 948. The Labute approximate surface area is 208 Å². The van der Waals surface area contributed by atoms with Gasteiger partial charge in [-0.05, 0) is 65.2 Å². The minimum absolute atomic E-state index is 0.146. The molecule has 0 spiro atoms. The van der Waals surface area contributed by atoms with E-state index < -0.39 is 26.8 Å². The van der Waals surface area contributed by atoms with Crippen LogP contribution in [0.5, 0.6) is 0 Å². The Morgan fingerprint density at radius 3 is 2.46 bits per heavy atom. The number of nitrogens with one attached hydrogen (secondary N) is 2. The van der Waals surface area contributed by atoms with Gasteiger partial charge in [-0.1, -0.05) is 12.8 Å². The Balaban J connectivity index is 1.39. The molecule has 0 radical (unpaired) electrons. The second-order valence-electron chi connectivity index (χ2n) is 11.8. The summed E-state index contributed by atoms with van der Waals surface area (Å²) >= 11 is 0. The van der Waals surface area contributed by atoms with E-state index in [2.05, 4.69) is 10.2 Å². The molecule has 11 heteroatoms. The zero-order valence-electron chi connectivity index (χ0n) is 21.1. The Hall–Kier alpha value is -1.27. The van der Waals surface area contributed by atoms with Crippen molar-refractivity contribution in [3.05, 3.63) is 0 Å². The van der Waals surface area contributed by atoms with Crippen LogP contribution in [0.3, 0.4) is 0 Å². The maximum absolute atomic E-state index is 13.7. The summed E-state index contributed by atoms with van der Waals surface area (Å²) in [5, 5.41) is -0.630. The third-order valence-corrected chi connectivity index (χ3v) is 11.0. The van der Waals surface area contributed by atoms with Crippen molar-refractivity contribution in [1.29, 1.82) is 0 Å². The number of rotatable bonds is 8. The Kier molecular flexibility index (Phi) is 6.70. The molecular weight excluding hydrogens is 472 g/mol. The number of hydrogen-bond acceptors (Lipinski definition) is 7. The molecule has 5 rings (SSSR count). The highest BCUT2D eigenvalue weighted by Crippen LogP contribution is 2.42. The predicted octanol–water partition coefficient (Wildman–Crippen LogP) is 1.90. The molecule has 5 aliphatic rings. The van der Waals surface area contributed by atoms with Gasteiger partial charge in [0.15, 0.2) is 0 Å². The minimum Gasteiger partial charge on any atom is -0.376 e. The number of imide groups is 1. The average molecular weight is 513 g/mol. The van der Waals surface area contributed by atoms with E-state index in [9.17, 15) is 18.0 Å². The highest BCUT2D eigenvalue weighted by Gasteiger charge is 2.54. The fraction of sp³-hybridized carbons (Fsp3) is 0.917. The van der Waals surface area contributed by atoms with Gasteiger partial charge >= 0.3 is 6.03 Å². The molecule has 2 heterocycles. The fourth-order valence-electron chi connectivity index (χ4n) is 6.47. The van der Waals surface area contributed by atoms with Crippen molar-refractivity contribution in [2.24, 2.45) is 5.92 Å². The number of urea groups is 1. The number of ether oxygens (including phenoxy) is 1. The maximum Gasteiger partial charge on any atom is 0.327 e. The molecule has 0 aromatic rings. The molecule has 198 valence electrons. The van der Waals surface area contributed by atoms with Gasteiger partial charge in [-0.25, -0.2) is 17.9 Å². The van der Waals surface area contributed by atoms with Crippen molar-refractivity contribution >= 4 is 22.0 Å². The average Bonchev–Trinajstić information content (AvgIpc) is 3.19. The molecule has 2 saturated heterocycles. The molecule has 35 heavy (non-hydrogen) atoms. The summed E-state index contributed by atoms with van der Waals surface area (Å²) in [6.45, 7) is 4.52. The zero-order chi connectivity index (χ0) is 25.0. The summed E-state index contributed by atoms with van der Waals surface area (Å²) in [5.41, 5.74) is 2.16. The molecule has 3 saturated carbocycles. The summed E-state index contributed by atoms with van der Waals surface area (Å²) in [7, 11) is -1.85. The summed E-state index contributed by atoms with van der Waals surface area (Å²) in [6, 6.07) is -0.454. The number of hydroxylamine groups is 1. The molecule has 3 aliphatic carbocycles. The number of amides is 3. The lowest BCUT2D eigenvalue weighted by molar-refractivity contribution is -0.144. The summed E-state index contributed by atoms with van der Waals surface area (Å²) in [4.78, 5) is 36.2. The van der Waals surface area contributed by atoms with Crippen molar-refractivity contribution in [2.75, 3.05) is 20.2 Å². The van der Waals surface area contributed by atoms with Crippen LogP contribution >= 0.6 is 0 Å².